The summed E-state index contributed by atoms with van der Waals surface area (Å²) in [5.74, 6) is -2.22. The van der Waals surface area contributed by atoms with Gasteiger partial charge in [-0.25, -0.2) is 9.18 Å². The molecule has 0 aliphatic carbocycles. The van der Waals surface area contributed by atoms with E-state index in [0.29, 0.717) is 30.3 Å². The fraction of sp³-hybridized carbons (Fsp3) is 0.429. The second-order valence-corrected chi connectivity index (χ2v) is 17.9. The third kappa shape index (κ3) is 9.09. The summed E-state index contributed by atoms with van der Waals surface area (Å²) in [6.07, 6.45) is 3.58. The third-order valence-electron chi connectivity index (χ3n) is 14.0. The number of hydrogen-bond donors (Lipinski definition) is 3. The summed E-state index contributed by atoms with van der Waals surface area (Å²) in [4.78, 5) is 86.9. The van der Waals surface area contributed by atoms with Crippen molar-refractivity contribution in [1.29, 1.82) is 0 Å². The van der Waals surface area contributed by atoms with Gasteiger partial charge in [-0.05, 0) is 116 Å². The fourth-order valence-electron chi connectivity index (χ4n) is 10.2. The Balaban J connectivity index is 0.697. The molecule has 0 bridgehead atoms. The minimum atomic E-state index is -0.994. The van der Waals surface area contributed by atoms with E-state index < -0.39 is 35.5 Å². The van der Waals surface area contributed by atoms with Crippen molar-refractivity contribution in [2.45, 2.75) is 64.1 Å². The minimum absolute atomic E-state index is 0.0344. The Morgan fingerprint density at radius 1 is 0.781 bits per heavy atom. The predicted molar refractivity (Wildman–Crippen MR) is 240 cm³/mol. The van der Waals surface area contributed by atoms with Crippen LogP contribution in [0.1, 0.15) is 83.3 Å². The number of nitrogens with zero attached hydrogens (tertiary/aromatic N) is 5. The Morgan fingerprint density at radius 2 is 1.52 bits per heavy atom. The van der Waals surface area contributed by atoms with E-state index in [1.54, 1.807) is 23.1 Å². The van der Waals surface area contributed by atoms with Crippen LogP contribution in [0.15, 0.2) is 78.9 Å². The molecule has 15 heteroatoms. The lowest BCUT2D eigenvalue weighted by molar-refractivity contribution is -0.136. The molecular formula is C49H55FN8O6. The molecule has 4 fully saturated rings. The molecule has 9 rings (SSSR count). The second kappa shape index (κ2) is 18.5. The number of carbonyl (C=O) groups is 6. The molecule has 4 aromatic rings. The zero-order valence-electron chi connectivity index (χ0n) is 36.2. The van der Waals surface area contributed by atoms with Gasteiger partial charge in [-0.1, -0.05) is 42.5 Å². The number of rotatable bonds is 10. The first kappa shape index (κ1) is 43.1. The van der Waals surface area contributed by atoms with Crippen molar-refractivity contribution in [3.05, 3.63) is 107 Å². The number of likely N-dealkylation sites (tertiary alicyclic amines) is 1. The van der Waals surface area contributed by atoms with Crippen LogP contribution in [0.25, 0.3) is 10.8 Å². The highest BCUT2D eigenvalue weighted by atomic mass is 19.1. The van der Waals surface area contributed by atoms with Crippen LogP contribution in [0.5, 0.6) is 0 Å². The lowest BCUT2D eigenvalue weighted by atomic mass is 9.92. The van der Waals surface area contributed by atoms with Gasteiger partial charge in [0.2, 0.25) is 17.7 Å². The molecule has 3 N–H and O–H groups in total. The van der Waals surface area contributed by atoms with Crippen LogP contribution in [0.2, 0.25) is 0 Å². The molecular weight excluding hydrogens is 816 g/mol. The van der Waals surface area contributed by atoms with Gasteiger partial charge in [-0.15, -0.1) is 0 Å². The molecule has 5 heterocycles. The molecule has 2 atom stereocenters. The van der Waals surface area contributed by atoms with E-state index >= 15 is 0 Å². The van der Waals surface area contributed by atoms with E-state index in [0.717, 1.165) is 82.1 Å². The van der Waals surface area contributed by atoms with Gasteiger partial charge < -0.3 is 20.4 Å². The summed E-state index contributed by atoms with van der Waals surface area (Å²) >= 11 is 0. The SMILES string of the molecule is C[C@H](c1cccc2ccccc12)N1CCC(C(=O)NCc2cc(F)cc(NC(=O)N3CCN(CC4CCN(c5ccc6c(c5)C(=O)N(C5CCC(=O)NC5=O)C6=O)CC4)CC3)c2)CC1. The number of piperazine rings is 1. The maximum Gasteiger partial charge on any atom is 0.321 e. The number of anilines is 2. The summed E-state index contributed by atoms with van der Waals surface area (Å²) in [7, 11) is 0. The molecule has 5 aliphatic heterocycles. The van der Waals surface area contributed by atoms with Gasteiger partial charge >= 0.3 is 6.03 Å². The number of hydrogen-bond acceptors (Lipinski definition) is 9. The number of imide groups is 2. The van der Waals surface area contributed by atoms with Crippen molar-refractivity contribution in [3.8, 4) is 0 Å². The van der Waals surface area contributed by atoms with Gasteiger partial charge in [0.15, 0.2) is 0 Å². The van der Waals surface area contributed by atoms with E-state index in [4.69, 9.17) is 0 Å². The summed E-state index contributed by atoms with van der Waals surface area (Å²) < 4.78 is 14.8. The predicted octanol–water partition coefficient (Wildman–Crippen LogP) is 5.54. The lowest BCUT2D eigenvalue weighted by Crippen LogP contribution is -2.54. The number of urea groups is 1. The zero-order chi connectivity index (χ0) is 44.5. The first-order valence-electron chi connectivity index (χ1n) is 22.7. The van der Waals surface area contributed by atoms with E-state index in [1.165, 1.54) is 28.5 Å². The van der Waals surface area contributed by atoms with Crippen LogP contribution in [0, 0.1) is 17.7 Å². The summed E-state index contributed by atoms with van der Waals surface area (Å²) in [5, 5.41) is 10.6. The van der Waals surface area contributed by atoms with Crippen molar-refractivity contribution >= 4 is 57.7 Å². The van der Waals surface area contributed by atoms with E-state index in [2.05, 4.69) is 80.0 Å². The topological polar surface area (TPSA) is 155 Å². The molecule has 4 aromatic carbocycles. The summed E-state index contributed by atoms with van der Waals surface area (Å²) in [5.41, 5.74) is 3.63. The maximum absolute atomic E-state index is 14.8. The van der Waals surface area contributed by atoms with Gasteiger partial charge in [0, 0.05) is 82.1 Å². The van der Waals surface area contributed by atoms with Crippen LogP contribution in [0.4, 0.5) is 20.6 Å². The lowest BCUT2D eigenvalue weighted by Gasteiger charge is -2.39. The molecule has 0 spiro atoms. The van der Waals surface area contributed by atoms with E-state index in [1.807, 2.05) is 6.07 Å². The molecule has 0 saturated carbocycles. The van der Waals surface area contributed by atoms with Crippen molar-refractivity contribution in [2.24, 2.45) is 11.8 Å². The van der Waals surface area contributed by atoms with Crippen molar-refractivity contribution < 1.29 is 33.2 Å². The van der Waals surface area contributed by atoms with Crippen molar-refractivity contribution in [3.63, 3.8) is 0 Å². The summed E-state index contributed by atoms with van der Waals surface area (Å²) in [6, 6.07) is 23.5. The monoisotopic (exact) mass is 870 g/mol. The van der Waals surface area contributed by atoms with Gasteiger partial charge in [0.1, 0.15) is 11.9 Å². The molecule has 0 radical (unpaired) electrons. The molecule has 334 valence electrons. The second-order valence-electron chi connectivity index (χ2n) is 17.9. The van der Waals surface area contributed by atoms with E-state index in [-0.39, 0.29) is 54.4 Å². The smallest absolute Gasteiger partial charge is 0.321 e. The number of halogens is 1. The average molecular weight is 871 g/mol. The molecule has 1 unspecified atom stereocenters. The molecule has 0 aromatic heterocycles. The van der Waals surface area contributed by atoms with Gasteiger partial charge in [0.05, 0.1) is 11.1 Å². The fourth-order valence-corrected chi connectivity index (χ4v) is 10.2. The van der Waals surface area contributed by atoms with Crippen LogP contribution < -0.4 is 20.9 Å². The Hall–Kier alpha value is -6.19. The normalized spacial score (nSPS) is 21.0. The number of fused-ring (bicyclic) bond motifs is 2. The molecule has 4 saturated heterocycles. The molecule has 5 aliphatic rings. The summed E-state index contributed by atoms with van der Waals surface area (Å²) in [6.45, 7) is 9.04. The highest BCUT2D eigenvalue weighted by Gasteiger charge is 2.45. The van der Waals surface area contributed by atoms with Crippen LogP contribution in [-0.2, 0) is 20.9 Å². The van der Waals surface area contributed by atoms with E-state index in [9.17, 15) is 33.2 Å². The first-order chi connectivity index (χ1) is 31.0. The number of carbonyl (C=O) groups excluding carboxylic acids is 6. The molecule has 64 heavy (non-hydrogen) atoms. The van der Waals surface area contributed by atoms with Gasteiger partial charge in [-0.2, -0.15) is 0 Å². The number of piperidine rings is 3. The number of benzene rings is 4. The zero-order valence-corrected chi connectivity index (χ0v) is 36.2. The Kier molecular flexibility index (Phi) is 12.5. The Morgan fingerprint density at radius 3 is 2.28 bits per heavy atom. The third-order valence-corrected chi connectivity index (χ3v) is 14.0. The molecule has 7 amide bonds. The first-order valence-corrected chi connectivity index (χ1v) is 22.7. The Labute approximate surface area is 372 Å². The highest BCUT2D eigenvalue weighted by molar-refractivity contribution is 6.23. The van der Waals surface area contributed by atoms with Crippen molar-refractivity contribution in [1.82, 2.24) is 30.2 Å². The van der Waals surface area contributed by atoms with Crippen LogP contribution >= 0.6 is 0 Å². The number of amides is 7. The van der Waals surface area contributed by atoms with Crippen LogP contribution in [0.3, 0.4) is 0 Å². The quantitative estimate of drug-likeness (QED) is 0.175. The largest absolute Gasteiger partial charge is 0.371 e. The highest BCUT2D eigenvalue weighted by Crippen LogP contribution is 2.34. The van der Waals surface area contributed by atoms with Gasteiger partial charge in [-0.3, -0.25) is 44.0 Å². The van der Waals surface area contributed by atoms with Gasteiger partial charge in [0.25, 0.3) is 11.8 Å². The maximum atomic E-state index is 14.8. The van der Waals surface area contributed by atoms with Crippen molar-refractivity contribution in [2.75, 3.05) is 69.1 Å². The average Bonchev–Trinajstić information content (AvgIpc) is 3.55. The Bertz CT molecular complexity index is 2470. The minimum Gasteiger partial charge on any atom is -0.371 e. The van der Waals surface area contributed by atoms with Crippen LogP contribution in [-0.4, -0.2) is 120 Å². The molecule has 14 nitrogen and oxygen atoms in total. The number of nitrogens with one attached hydrogen (secondary N) is 3. The standard InChI is InChI=1S/C49H55FN8O6/c1-31(39-8-4-6-34-5-2-3-7-40(34)39)55-19-15-35(16-20-55)45(60)51-29-33-25-36(50)27-37(26-33)52-49(64)57-23-21-54(22-24-57)30-32-13-17-56(18-14-32)38-9-10-41-42(28-38)48(63)58(47(41)62)43-11-12-44(59)53-46(43)61/h2-10,25-28,31-32,35,43H,11-24,29-30H2,1H3,(H,51,60)(H,52,64)(H,53,59,61)/t31-,43?/m1/s1.